The molecule has 0 aromatic heterocycles. The molecule has 3 rings (SSSR count). The number of carbonyl (C=O) groups excluding carboxylic acids is 1. The van der Waals surface area contributed by atoms with E-state index in [1.807, 2.05) is 32.0 Å². The number of carboxylic acids is 1. The van der Waals surface area contributed by atoms with Crippen molar-refractivity contribution in [3.63, 3.8) is 0 Å². The summed E-state index contributed by atoms with van der Waals surface area (Å²) in [6.45, 7) is 4.51. The minimum absolute atomic E-state index is 0.00843. The first-order valence-electron chi connectivity index (χ1n) is 9.77. The second kappa shape index (κ2) is 8.25. The lowest BCUT2D eigenvalue weighted by molar-refractivity contribution is -0.149. The third kappa shape index (κ3) is 3.60. The van der Waals surface area contributed by atoms with E-state index >= 15 is 0 Å². The van der Waals surface area contributed by atoms with Crippen LogP contribution in [0.2, 0.25) is 0 Å². The number of allylic oxidation sites excluding steroid dienone is 2. The van der Waals surface area contributed by atoms with E-state index in [1.54, 1.807) is 14.2 Å². The van der Waals surface area contributed by atoms with Gasteiger partial charge in [0.05, 0.1) is 26.1 Å². The number of aliphatic carboxylic acids is 1. The number of nitrogens with one attached hydrogen (secondary N) is 1. The van der Waals surface area contributed by atoms with Gasteiger partial charge in [-0.25, -0.2) is 0 Å². The predicted octanol–water partition coefficient (Wildman–Crippen LogP) is 3.06. The van der Waals surface area contributed by atoms with Crippen LogP contribution in [-0.4, -0.2) is 37.7 Å². The topological polar surface area (TPSA) is 84.9 Å². The molecular formula is C22H29NO5. The van der Waals surface area contributed by atoms with Gasteiger partial charge in [-0.3, -0.25) is 9.59 Å². The zero-order valence-corrected chi connectivity index (χ0v) is 17.0. The molecule has 0 radical (unpaired) electrons. The minimum atomic E-state index is -0.856. The molecule has 2 aliphatic carbocycles. The first-order chi connectivity index (χ1) is 13.4. The average Bonchev–Trinajstić information content (AvgIpc) is 3.24. The van der Waals surface area contributed by atoms with E-state index in [0.29, 0.717) is 24.5 Å². The van der Waals surface area contributed by atoms with Crippen LogP contribution in [0.25, 0.3) is 0 Å². The number of benzene rings is 1. The molecule has 1 amide bonds. The predicted molar refractivity (Wildman–Crippen MR) is 105 cm³/mol. The van der Waals surface area contributed by atoms with Gasteiger partial charge in [0.25, 0.3) is 0 Å². The highest BCUT2D eigenvalue weighted by Crippen LogP contribution is 2.57. The van der Waals surface area contributed by atoms with E-state index in [4.69, 9.17) is 9.47 Å². The van der Waals surface area contributed by atoms with Crippen LogP contribution < -0.4 is 14.8 Å². The van der Waals surface area contributed by atoms with Crippen molar-refractivity contribution in [2.75, 3.05) is 20.8 Å². The highest BCUT2D eigenvalue weighted by atomic mass is 16.5. The van der Waals surface area contributed by atoms with Gasteiger partial charge in [0.1, 0.15) is 0 Å². The SMILES string of the molecule is COc1ccc(CCNC(=O)C2C3CCC(C3=C(C)C)C2C(=O)O)cc1OC. The molecule has 2 aliphatic rings. The lowest BCUT2D eigenvalue weighted by Crippen LogP contribution is -2.41. The third-order valence-corrected chi connectivity index (χ3v) is 6.17. The fraction of sp³-hybridized carbons (Fsp3) is 0.545. The van der Waals surface area contributed by atoms with E-state index in [9.17, 15) is 14.7 Å². The van der Waals surface area contributed by atoms with Crippen molar-refractivity contribution in [3.8, 4) is 11.5 Å². The van der Waals surface area contributed by atoms with Crippen LogP contribution >= 0.6 is 0 Å². The Labute approximate surface area is 165 Å². The van der Waals surface area contributed by atoms with Crippen molar-refractivity contribution in [2.24, 2.45) is 23.7 Å². The Morgan fingerprint density at radius 1 is 1.07 bits per heavy atom. The van der Waals surface area contributed by atoms with Crippen molar-refractivity contribution in [1.82, 2.24) is 5.32 Å². The van der Waals surface area contributed by atoms with E-state index in [-0.39, 0.29) is 17.7 Å². The van der Waals surface area contributed by atoms with Crippen LogP contribution in [0.3, 0.4) is 0 Å². The quantitative estimate of drug-likeness (QED) is 0.703. The van der Waals surface area contributed by atoms with Crippen molar-refractivity contribution < 1.29 is 24.2 Å². The minimum Gasteiger partial charge on any atom is -0.493 e. The monoisotopic (exact) mass is 387 g/mol. The summed E-state index contributed by atoms with van der Waals surface area (Å²) < 4.78 is 10.5. The molecular weight excluding hydrogens is 358 g/mol. The molecule has 6 heteroatoms. The lowest BCUT2D eigenvalue weighted by Gasteiger charge is -2.26. The first-order valence-corrected chi connectivity index (χ1v) is 9.77. The van der Waals surface area contributed by atoms with Crippen LogP contribution in [0.15, 0.2) is 29.3 Å². The lowest BCUT2D eigenvalue weighted by atomic mass is 9.78. The van der Waals surface area contributed by atoms with Crippen LogP contribution in [0.5, 0.6) is 11.5 Å². The molecule has 4 atom stereocenters. The Balaban J connectivity index is 1.66. The third-order valence-electron chi connectivity index (χ3n) is 6.17. The second-order valence-corrected chi connectivity index (χ2v) is 7.87. The van der Waals surface area contributed by atoms with Gasteiger partial charge < -0.3 is 19.9 Å². The summed E-state index contributed by atoms with van der Waals surface area (Å²) in [5, 5.41) is 12.7. The molecule has 0 spiro atoms. The molecule has 1 aromatic rings. The molecule has 1 aromatic carbocycles. The van der Waals surface area contributed by atoms with Gasteiger partial charge in [-0.1, -0.05) is 17.2 Å². The van der Waals surface area contributed by atoms with Gasteiger partial charge in [-0.05, 0) is 62.6 Å². The Kier molecular flexibility index (Phi) is 5.96. The number of hydrogen-bond acceptors (Lipinski definition) is 4. The average molecular weight is 387 g/mol. The van der Waals surface area contributed by atoms with Crippen LogP contribution in [0, 0.1) is 23.7 Å². The van der Waals surface area contributed by atoms with E-state index in [2.05, 4.69) is 5.32 Å². The Morgan fingerprint density at radius 2 is 1.71 bits per heavy atom. The van der Waals surface area contributed by atoms with Crippen LogP contribution in [0.1, 0.15) is 32.3 Å². The van der Waals surface area contributed by atoms with Crippen molar-refractivity contribution in [2.45, 2.75) is 33.1 Å². The second-order valence-electron chi connectivity index (χ2n) is 7.87. The molecule has 2 bridgehead atoms. The molecule has 2 saturated carbocycles. The molecule has 28 heavy (non-hydrogen) atoms. The van der Waals surface area contributed by atoms with Crippen molar-refractivity contribution in [3.05, 3.63) is 34.9 Å². The highest BCUT2D eigenvalue weighted by molar-refractivity contribution is 5.87. The van der Waals surface area contributed by atoms with Gasteiger partial charge >= 0.3 is 5.97 Å². The normalized spacial score (nSPS) is 25.5. The number of methoxy groups -OCH3 is 2. The zero-order chi connectivity index (χ0) is 20.4. The van der Waals surface area contributed by atoms with Crippen LogP contribution in [-0.2, 0) is 16.0 Å². The number of hydrogen-bond donors (Lipinski definition) is 2. The zero-order valence-electron chi connectivity index (χ0n) is 17.0. The summed E-state index contributed by atoms with van der Waals surface area (Å²) in [7, 11) is 3.18. The molecule has 2 fully saturated rings. The number of fused-ring (bicyclic) bond motifs is 2. The Bertz CT molecular complexity index is 796. The van der Waals surface area contributed by atoms with Crippen molar-refractivity contribution in [1.29, 1.82) is 0 Å². The largest absolute Gasteiger partial charge is 0.493 e. The van der Waals surface area contributed by atoms with E-state index < -0.39 is 17.8 Å². The standard InChI is InChI=1S/C22H29NO5/c1-12(2)18-14-6-7-15(18)20(22(25)26)19(14)21(24)23-10-9-13-5-8-16(27-3)17(11-13)28-4/h5,8,11,14-15,19-20H,6-7,9-10H2,1-4H3,(H,23,24)(H,25,26). The molecule has 6 nitrogen and oxygen atoms in total. The first kappa shape index (κ1) is 20.2. The fourth-order valence-electron chi connectivity index (χ4n) is 5.09. The summed E-state index contributed by atoms with van der Waals surface area (Å²) >= 11 is 0. The maximum Gasteiger partial charge on any atom is 0.307 e. The molecule has 0 heterocycles. The summed E-state index contributed by atoms with van der Waals surface area (Å²) in [4.78, 5) is 24.8. The van der Waals surface area contributed by atoms with Crippen molar-refractivity contribution >= 4 is 11.9 Å². The molecule has 0 saturated heterocycles. The number of carboxylic acid groups (broad SMARTS) is 1. The summed E-state index contributed by atoms with van der Waals surface area (Å²) in [5.74, 6) is -0.679. The van der Waals surface area contributed by atoms with Gasteiger partial charge in [0.2, 0.25) is 5.91 Å². The molecule has 2 N–H and O–H groups in total. The summed E-state index contributed by atoms with van der Waals surface area (Å²) in [6, 6.07) is 5.67. The Morgan fingerprint density at radius 3 is 2.29 bits per heavy atom. The van der Waals surface area contributed by atoms with Gasteiger partial charge in [0, 0.05) is 6.54 Å². The number of rotatable bonds is 7. The van der Waals surface area contributed by atoms with Gasteiger partial charge in [-0.15, -0.1) is 0 Å². The fourth-order valence-corrected chi connectivity index (χ4v) is 5.09. The van der Waals surface area contributed by atoms with E-state index in [1.165, 1.54) is 11.1 Å². The number of ether oxygens (including phenoxy) is 2. The maximum atomic E-state index is 12.9. The molecule has 152 valence electrons. The van der Waals surface area contributed by atoms with Gasteiger partial charge in [-0.2, -0.15) is 0 Å². The maximum absolute atomic E-state index is 12.9. The smallest absolute Gasteiger partial charge is 0.307 e. The summed E-state index contributed by atoms with van der Waals surface area (Å²) in [6.07, 6.45) is 2.42. The number of carbonyl (C=O) groups is 2. The number of amides is 1. The molecule has 0 aliphatic heterocycles. The Hall–Kier alpha value is -2.50. The highest BCUT2D eigenvalue weighted by Gasteiger charge is 2.57. The van der Waals surface area contributed by atoms with Crippen LogP contribution in [0.4, 0.5) is 0 Å². The summed E-state index contributed by atoms with van der Waals surface area (Å²) in [5.41, 5.74) is 3.39. The van der Waals surface area contributed by atoms with E-state index in [0.717, 1.165) is 18.4 Å². The molecule has 4 unspecified atom stereocenters. The van der Waals surface area contributed by atoms with Gasteiger partial charge in [0.15, 0.2) is 11.5 Å².